The summed E-state index contributed by atoms with van der Waals surface area (Å²) in [6.45, 7) is 2.19. The Morgan fingerprint density at radius 1 is 1.06 bits per heavy atom. The van der Waals surface area contributed by atoms with Crippen LogP contribution in [0.3, 0.4) is 0 Å². The Kier molecular flexibility index (Phi) is 7.84. The molecule has 4 rings (SSSR count). The maximum absolute atomic E-state index is 12.3. The first-order valence-electron chi connectivity index (χ1n) is 12.6. The number of primary amides is 1. The number of amides is 2. The second-order valence-corrected chi connectivity index (χ2v) is 10.1. The van der Waals surface area contributed by atoms with Crippen molar-refractivity contribution in [1.29, 1.82) is 0 Å². The molecule has 2 unspecified atom stereocenters. The maximum atomic E-state index is 12.3. The Morgan fingerprint density at radius 3 is 2.44 bits per heavy atom. The van der Waals surface area contributed by atoms with E-state index < -0.39 is 0 Å². The summed E-state index contributed by atoms with van der Waals surface area (Å²) in [6, 6.07) is 9.01. The first kappa shape index (κ1) is 23.2. The van der Waals surface area contributed by atoms with Crippen molar-refractivity contribution >= 4 is 11.8 Å². The molecule has 32 heavy (non-hydrogen) atoms. The molecule has 1 aliphatic carbocycles. The average Bonchev–Trinajstić information content (AvgIpc) is 3.05. The normalized spacial score (nSPS) is 26.2. The van der Waals surface area contributed by atoms with E-state index in [1.807, 2.05) is 17.0 Å². The SMILES string of the molecule is NC(=O)c1cccc(C2CC3CCC(C2)N3CCCN(CC2CCCCC2)C(=O)CO)c1. The lowest BCUT2D eigenvalue weighted by Crippen LogP contribution is -2.44. The number of aliphatic hydroxyl groups is 1. The Labute approximate surface area is 192 Å². The first-order valence-corrected chi connectivity index (χ1v) is 12.6. The summed E-state index contributed by atoms with van der Waals surface area (Å²) in [6.07, 6.45) is 12.0. The van der Waals surface area contributed by atoms with Gasteiger partial charge in [0.15, 0.2) is 0 Å². The Hall–Kier alpha value is -1.92. The van der Waals surface area contributed by atoms with E-state index in [0.29, 0.717) is 29.5 Å². The van der Waals surface area contributed by atoms with Gasteiger partial charge in [-0.1, -0.05) is 31.4 Å². The molecule has 2 saturated heterocycles. The molecule has 6 nitrogen and oxygen atoms in total. The fourth-order valence-corrected chi connectivity index (χ4v) is 6.40. The summed E-state index contributed by atoms with van der Waals surface area (Å²) >= 11 is 0. The number of hydrogen-bond acceptors (Lipinski definition) is 4. The van der Waals surface area contributed by atoms with E-state index in [2.05, 4.69) is 11.0 Å². The molecule has 2 heterocycles. The van der Waals surface area contributed by atoms with Crippen LogP contribution in [-0.4, -0.2) is 65.0 Å². The fraction of sp³-hybridized carbons (Fsp3) is 0.692. The molecule has 6 heteroatoms. The molecular formula is C26H39N3O3. The van der Waals surface area contributed by atoms with Crippen molar-refractivity contribution in [3.8, 4) is 0 Å². The monoisotopic (exact) mass is 441 g/mol. The molecule has 2 atom stereocenters. The molecule has 0 radical (unpaired) electrons. The molecule has 1 aromatic carbocycles. The zero-order valence-electron chi connectivity index (χ0n) is 19.3. The average molecular weight is 442 g/mol. The number of fused-ring (bicyclic) bond motifs is 2. The molecule has 1 aromatic rings. The number of nitrogens with two attached hydrogens (primary N) is 1. The van der Waals surface area contributed by atoms with Gasteiger partial charge in [0.2, 0.25) is 11.8 Å². The molecule has 2 bridgehead atoms. The van der Waals surface area contributed by atoms with Crippen LogP contribution in [0.15, 0.2) is 24.3 Å². The lowest BCUT2D eigenvalue weighted by atomic mass is 9.84. The lowest BCUT2D eigenvalue weighted by molar-refractivity contribution is -0.135. The second kappa shape index (κ2) is 10.8. The number of aliphatic hydroxyl groups excluding tert-OH is 1. The van der Waals surface area contributed by atoms with E-state index in [-0.39, 0.29) is 18.4 Å². The summed E-state index contributed by atoms with van der Waals surface area (Å²) in [5.41, 5.74) is 7.32. The number of hydrogen-bond donors (Lipinski definition) is 2. The van der Waals surface area contributed by atoms with Gasteiger partial charge in [-0.15, -0.1) is 0 Å². The highest BCUT2D eigenvalue weighted by atomic mass is 16.3. The van der Waals surface area contributed by atoms with Crippen LogP contribution in [0, 0.1) is 5.92 Å². The predicted molar refractivity (Wildman–Crippen MR) is 125 cm³/mol. The van der Waals surface area contributed by atoms with E-state index in [0.717, 1.165) is 38.9 Å². The molecule has 3 N–H and O–H groups in total. The highest BCUT2D eigenvalue weighted by molar-refractivity contribution is 5.92. The van der Waals surface area contributed by atoms with Gasteiger partial charge in [0.05, 0.1) is 0 Å². The van der Waals surface area contributed by atoms with Gasteiger partial charge in [-0.3, -0.25) is 14.5 Å². The van der Waals surface area contributed by atoms with Crippen LogP contribution in [-0.2, 0) is 4.79 Å². The van der Waals surface area contributed by atoms with E-state index in [1.165, 1.54) is 50.5 Å². The summed E-state index contributed by atoms with van der Waals surface area (Å²) in [5, 5.41) is 9.44. The third kappa shape index (κ3) is 5.52. The number of rotatable bonds is 9. The van der Waals surface area contributed by atoms with Crippen molar-refractivity contribution in [2.24, 2.45) is 11.7 Å². The minimum absolute atomic E-state index is 0.119. The minimum Gasteiger partial charge on any atom is -0.387 e. The number of carbonyl (C=O) groups excluding carboxylic acids is 2. The number of benzene rings is 1. The zero-order valence-corrected chi connectivity index (χ0v) is 19.3. The van der Waals surface area contributed by atoms with Crippen molar-refractivity contribution in [2.75, 3.05) is 26.2 Å². The lowest BCUT2D eigenvalue weighted by Gasteiger charge is -2.39. The van der Waals surface area contributed by atoms with Crippen LogP contribution in [0.25, 0.3) is 0 Å². The van der Waals surface area contributed by atoms with Crippen molar-refractivity contribution in [3.05, 3.63) is 35.4 Å². The minimum atomic E-state index is -0.381. The Morgan fingerprint density at radius 2 is 1.78 bits per heavy atom. The molecule has 2 amide bonds. The molecule has 0 spiro atoms. The summed E-state index contributed by atoms with van der Waals surface area (Å²) < 4.78 is 0. The van der Waals surface area contributed by atoms with Gasteiger partial charge in [0.25, 0.3) is 0 Å². The van der Waals surface area contributed by atoms with Crippen LogP contribution >= 0.6 is 0 Å². The van der Waals surface area contributed by atoms with E-state index >= 15 is 0 Å². The van der Waals surface area contributed by atoms with Crippen molar-refractivity contribution in [1.82, 2.24) is 9.80 Å². The van der Waals surface area contributed by atoms with Gasteiger partial charge in [-0.05, 0) is 74.5 Å². The zero-order chi connectivity index (χ0) is 22.5. The first-order chi connectivity index (χ1) is 15.5. The quantitative estimate of drug-likeness (QED) is 0.616. The standard InChI is InChI=1S/C26H39N3O3/c27-26(32)21-9-4-8-20(14-21)22-15-23-10-11-24(16-22)29(23)13-5-12-28(25(31)18-30)17-19-6-2-1-3-7-19/h4,8-9,14,19,22-24,30H,1-3,5-7,10-13,15-18H2,(H2,27,32). The van der Waals surface area contributed by atoms with Gasteiger partial charge < -0.3 is 15.7 Å². The second-order valence-electron chi connectivity index (χ2n) is 10.1. The third-order valence-electron chi connectivity index (χ3n) is 8.06. The molecular weight excluding hydrogens is 402 g/mol. The van der Waals surface area contributed by atoms with Crippen LogP contribution in [0.5, 0.6) is 0 Å². The molecule has 3 aliphatic rings. The van der Waals surface area contributed by atoms with Gasteiger partial charge in [0.1, 0.15) is 6.61 Å². The van der Waals surface area contributed by atoms with Crippen LogP contribution < -0.4 is 5.73 Å². The summed E-state index contributed by atoms with van der Waals surface area (Å²) in [4.78, 5) is 28.5. The van der Waals surface area contributed by atoms with Crippen LogP contribution in [0.1, 0.15) is 86.0 Å². The van der Waals surface area contributed by atoms with E-state index in [9.17, 15) is 14.7 Å². The number of carbonyl (C=O) groups is 2. The maximum Gasteiger partial charge on any atom is 0.248 e. The highest BCUT2D eigenvalue weighted by Gasteiger charge is 2.40. The van der Waals surface area contributed by atoms with Crippen LogP contribution in [0.2, 0.25) is 0 Å². The predicted octanol–water partition coefficient (Wildman–Crippen LogP) is 3.29. The van der Waals surface area contributed by atoms with Gasteiger partial charge >= 0.3 is 0 Å². The summed E-state index contributed by atoms with van der Waals surface area (Å²) in [5.74, 6) is 0.609. The van der Waals surface area contributed by atoms with Crippen molar-refractivity contribution in [3.63, 3.8) is 0 Å². The van der Waals surface area contributed by atoms with Gasteiger partial charge in [0, 0.05) is 37.3 Å². The van der Waals surface area contributed by atoms with Gasteiger partial charge in [-0.2, -0.15) is 0 Å². The number of piperidine rings is 1. The topological polar surface area (TPSA) is 86.9 Å². The smallest absolute Gasteiger partial charge is 0.248 e. The molecule has 3 fully saturated rings. The highest BCUT2D eigenvalue weighted by Crippen LogP contribution is 2.43. The molecule has 0 aromatic heterocycles. The molecule has 176 valence electrons. The largest absolute Gasteiger partial charge is 0.387 e. The van der Waals surface area contributed by atoms with Crippen molar-refractivity contribution < 1.29 is 14.7 Å². The summed E-state index contributed by atoms with van der Waals surface area (Å²) in [7, 11) is 0. The van der Waals surface area contributed by atoms with E-state index in [1.54, 1.807) is 6.07 Å². The Balaban J connectivity index is 1.30. The fourth-order valence-electron chi connectivity index (χ4n) is 6.40. The van der Waals surface area contributed by atoms with E-state index in [4.69, 9.17) is 5.73 Å². The molecule has 2 aliphatic heterocycles. The van der Waals surface area contributed by atoms with Crippen LogP contribution in [0.4, 0.5) is 0 Å². The molecule has 1 saturated carbocycles. The van der Waals surface area contributed by atoms with Crippen molar-refractivity contribution in [2.45, 2.75) is 82.2 Å². The third-order valence-corrected chi connectivity index (χ3v) is 8.06. The Bertz CT molecular complexity index is 778. The van der Waals surface area contributed by atoms with Gasteiger partial charge in [-0.25, -0.2) is 0 Å². The number of nitrogens with zero attached hydrogens (tertiary/aromatic N) is 2.